The number of hydrogen-bond donors (Lipinski definition) is 2. The lowest BCUT2D eigenvalue weighted by molar-refractivity contribution is -0.132. The van der Waals surface area contributed by atoms with Gasteiger partial charge in [0.05, 0.1) is 0 Å². The quantitative estimate of drug-likeness (QED) is 0.788. The third kappa shape index (κ3) is 4.10. The molecule has 2 rings (SSSR count). The van der Waals surface area contributed by atoms with Crippen LogP contribution >= 0.6 is 0 Å². The van der Waals surface area contributed by atoms with Crippen LogP contribution in [0, 0.1) is 19.8 Å². The first kappa shape index (κ1) is 17.5. The summed E-state index contributed by atoms with van der Waals surface area (Å²) in [5.41, 5.74) is 3.08. The summed E-state index contributed by atoms with van der Waals surface area (Å²) in [6.07, 6.45) is 1.80. The van der Waals surface area contributed by atoms with E-state index in [1.54, 1.807) is 4.90 Å². The molecule has 1 aromatic rings. The van der Waals surface area contributed by atoms with Crippen molar-refractivity contribution in [3.8, 4) is 0 Å². The van der Waals surface area contributed by atoms with Crippen molar-refractivity contribution in [3.05, 3.63) is 29.3 Å². The lowest BCUT2D eigenvalue weighted by Crippen LogP contribution is -2.42. The minimum Gasteiger partial charge on any atom is -0.396 e. The van der Waals surface area contributed by atoms with Gasteiger partial charge in [0.2, 0.25) is 11.8 Å². The number of anilines is 1. The maximum absolute atomic E-state index is 12.6. The van der Waals surface area contributed by atoms with Crippen molar-refractivity contribution in [2.45, 2.75) is 46.1 Å². The van der Waals surface area contributed by atoms with Crippen molar-refractivity contribution in [1.29, 1.82) is 0 Å². The van der Waals surface area contributed by atoms with Gasteiger partial charge in [0, 0.05) is 24.9 Å². The summed E-state index contributed by atoms with van der Waals surface area (Å²) < 4.78 is 0. The van der Waals surface area contributed by atoms with Gasteiger partial charge in [-0.1, -0.05) is 13.0 Å². The van der Waals surface area contributed by atoms with Crippen molar-refractivity contribution in [1.82, 2.24) is 5.32 Å². The average molecular weight is 318 g/mol. The molecule has 2 atom stereocenters. The molecule has 5 heteroatoms. The Hall–Kier alpha value is -1.88. The van der Waals surface area contributed by atoms with Crippen molar-refractivity contribution in [3.63, 3.8) is 0 Å². The number of carbonyl (C=O) groups excluding carboxylic acids is 2. The number of aliphatic hydroxyl groups excluding tert-OH is 1. The van der Waals surface area contributed by atoms with E-state index in [1.165, 1.54) is 0 Å². The highest BCUT2D eigenvalue weighted by Crippen LogP contribution is 2.27. The number of hydrogen-bond acceptors (Lipinski definition) is 3. The van der Waals surface area contributed by atoms with Gasteiger partial charge < -0.3 is 15.3 Å². The molecule has 23 heavy (non-hydrogen) atoms. The molecule has 2 amide bonds. The molecule has 1 aliphatic heterocycles. The Morgan fingerprint density at radius 2 is 2.00 bits per heavy atom. The molecule has 1 aliphatic rings. The summed E-state index contributed by atoms with van der Waals surface area (Å²) in [4.78, 5) is 26.7. The van der Waals surface area contributed by atoms with Crippen LogP contribution in [0.4, 0.5) is 5.69 Å². The fourth-order valence-electron chi connectivity index (χ4n) is 3.12. The van der Waals surface area contributed by atoms with E-state index in [2.05, 4.69) is 11.4 Å². The smallest absolute Gasteiger partial charge is 0.239 e. The number of rotatable bonds is 6. The predicted octanol–water partition coefficient (Wildman–Crippen LogP) is 1.93. The fourth-order valence-corrected chi connectivity index (χ4v) is 3.12. The Bertz CT molecular complexity index is 565. The topological polar surface area (TPSA) is 69.6 Å². The van der Waals surface area contributed by atoms with Crippen molar-refractivity contribution in [2.75, 3.05) is 18.1 Å². The Labute approximate surface area is 137 Å². The molecule has 0 radical (unpaired) electrons. The SMILES string of the molecule is CCC(CCO)NC(=O)C1CCN(c2cc(C)cc(C)c2)C1=O. The lowest BCUT2D eigenvalue weighted by Gasteiger charge is -2.20. The largest absolute Gasteiger partial charge is 0.396 e. The van der Waals surface area contributed by atoms with Gasteiger partial charge in [0.25, 0.3) is 0 Å². The van der Waals surface area contributed by atoms with Crippen molar-refractivity contribution < 1.29 is 14.7 Å². The first-order chi connectivity index (χ1) is 11.0. The van der Waals surface area contributed by atoms with Crippen molar-refractivity contribution >= 4 is 17.5 Å². The summed E-state index contributed by atoms with van der Waals surface area (Å²) >= 11 is 0. The van der Waals surface area contributed by atoms with E-state index < -0.39 is 5.92 Å². The maximum Gasteiger partial charge on any atom is 0.239 e. The molecule has 1 heterocycles. The van der Waals surface area contributed by atoms with Gasteiger partial charge in [-0.25, -0.2) is 0 Å². The minimum atomic E-state index is -0.622. The summed E-state index contributed by atoms with van der Waals surface area (Å²) in [5, 5.41) is 11.9. The summed E-state index contributed by atoms with van der Waals surface area (Å²) in [6, 6.07) is 5.95. The van der Waals surface area contributed by atoms with E-state index >= 15 is 0 Å². The van der Waals surface area contributed by atoms with Crippen LogP contribution in [-0.4, -0.2) is 36.1 Å². The van der Waals surface area contributed by atoms with Crippen LogP contribution in [0.3, 0.4) is 0 Å². The van der Waals surface area contributed by atoms with Gasteiger partial charge in [0.1, 0.15) is 5.92 Å². The third-order valence-electron chi connectivity index (χ3n) is 4.36. The van der Waals surface area contributed by atoms with E-state index in [4.69, 9.17) is 5.11 Å². The van der Waals surface area contributed by atoms with Crippen LogP contribution < -0.4 is 10.2 Å². The number of aryl methyl sites for hydroxylation is 2. The first-order valence-corrected chi connectivity index (χ1v) is 8.27. The fraction of sp³-hybridized carbons (Fsp3) is 0.556. The Kier molecular flexibility index (Phi) is 5.77. The zero-order valence-corrected chi connectivity index (χ0v) is 14.1. The summed E-state index contributed by atoms with van der Waals surface area (Å²) in [6.45, 7) is 6.56. The van der Waals surface area contributed by atoms with Crippen LogP contribution in [0.1, 0.15) is 37.3 Å². The molecular formula is C18H26N2O3. The minimum absolute atomic E-state index is 0.0338. The van der Waals surface area contributed by atoms with Crippen molar-refractivity contribution in [2.24, 2.45) is 5.92 Å². The molecule has 1 fully saturated rings. The second kappa shape index (κ2) is 7.59. The van der Waals surface area contributed by atoms with E-state index in [0.717, 1.165) is 23.2 Å². The zero-order valence-electron chi connectivity index (χ0n) is 14.1. The van der Waals surface area contributed by atoms with E-state index in [1.807, 2.05) is 32.9 Å². The Balaban J connectivity index is 2.07. The molecule has 0 aliphatic carbocycles. The van der Waals surface area contributed by atoms with Crippen LogP contribution in [0.25, 0.3) is 0 Å². The van der Waals surface area contributed by atoms with E-state index in [0.29, 0.717) is 19.4 Å². The molecule has 0 aromatic heterocycles. The predicted molar refractivity (Wildman–Crippen MR) is 90.3 cm³/mol. The molecule has 1 aromatic carbocycles. The molecule has 2 unspecified atom stereocenters. The average Bonchev–Trinajstić information content (AvgIpc) is 2.87. The highest BCUT2D eigenvalue weighted by Gasteiger charge is 2.38. The van der Waals surface area contributed by atoms with Gasteiger partial charge in [-0.3, -0.25) is 9.59 Å². The second-order valence-electron chi connectivity index (χ2n) is 6.30. The normalized spacial score (nSPS) is 19.0. The van der Waals surface area contributed by atoms with Gasteiger partial charge in [-0.15, -0.1) is 0 Å². The molecule has 0 saturated carbocycles. The molecule has 2 N–H and O–H groups in total. The Morgan fingerprint density at radius 1 is 1.35 bits per heavy atom. The number of aliphatic hydroxyl groups is 1. The van der Waals surface area contributed by atoms with Gasteiger partial charge >= 0.3 is 0 Å². The lowest BCUT2D eigenvalue weighted by atomic mass is 10.1. The number of amides is 2. The van der Waals surface area contributed by atoms with E-state index in [9.17, 15) is 9.59 Å². The summed E-state index contributed by atoms with van der Waals surface area (Å²) in [7, 11) is 0. The first-order valence-electron chi connectivity index (χ1n) is 8.27. The molecule has 1 saturated heterocycles. The van der Waals surface area contributed by atoms with Crippen LogP contribution in [0.15, 0.2) is 18.2 Å². The molecule has 5 nitrogen and oxygen atoms in total. The van der Waals surface area contributed by atoms with Gasteiger partial charge in [-0.05, 0) is 56.4 Å². The van der Waals surface area contributed by atoms with Gasteiger partial charge in [0.15, 0.2) is 0 Å². The van der Waals surface area contributed by atoms with Crippen LogP contribution in [0.5, 0.6) is 0 Å². The highest BCUT2D eigenvalue weighted by atomic mass is 16.3. The number of carbonyl (C=O) groups is 2. The second-order valence-corrected chi connectivity index (χ2v) is 6.30. The number of nitrogens with zero attached hydrogens (tertiary/aromatic N) is 1. The highest BCUT2D eigenvalue weighted by molar-refractivity contribution is 6.09. The molecular weight excluding hydrogens is 292 g/mol. The Morgan fingerprint density at radius 3 is 2.57 bits per heavy atom. The molecule has 0 spiro atoms. The third-order valence-corrected chi connectivity index (χ3v) is 4.36. The number of benzene rings is 1. The molecule has 0 bridgehead atoms. The van der Waals surface area contributed by atoms with Crippen LogP contribution in [-0.2, 0) is 9.59 Å². The number of nitrogens with one attached hydrogen (secondary N) is 1. The maximum atomic E-state index is 12.6. The standard InChI is InChI=1S/C18H26N2O3/c1-4-14(6-8-21)19-17(22)16-5-7-20(18(16)23)15-10-12(2)9-13(3)11-15/h9-11,14,16,21H,4-8H2,1-3H3,(H,19,22). The monoisotopic (exact) mass is 318 g/mol. The van der Waals surface area contributed by atoms with Crippen LogP contribution in [0.2, 0.25) is 0 Å². The summed E-state index contributed by atoms with van der Waals surface area (Å²) in [5.74, 6) is -0.975. The molecule has 126 valence electrons. The van der Waals surface area contributed by atoms with E-state index in [-0.39, 0.29) is 24.5 Å². The zero-order chi connectivity index (χ0) is 17.0. The van der Waals surface area contributed by atoms with Gasteiger partial charge in [-0.2, -0.15) is 0 Å².